The van der Waals surface area contributed by atoms with Crippen molar-refractivity contribution in [3.05, 3.63) is 23.8 Å². The van der Waals surface area contributed by atoms with Crippen LogP contribution in [0.15, 0.2) is 18.2 Å². The van der Waals surface area contributed by atoms with Gasteiger partial charge < -0.3 is 20.7 Å². The summed E-state index contributed by atoms with van der Waals surface area (Å²) in [5.74, 6) is 0. The second kappa shape index (κ2) is 6.81. The highest BCUT2D eigenvalue weighted by molar-refractivity contribution is 5.61. The molecule has 1 spiro atoms. The fraction of sp³-hybridized carbons (Fsp3) is 0.714. The van der Waals surface area contributed by atoms with Crippen LogP contribution in [0.4, 0.5) is 11.4 Å². The van der Waals surface area contributed by atoms with Crippen molar-refractivity contribution in [1.29, 1.82) is 0 Å². The van der Waals surface area contributed by atoms with E-state index in [4.69, 9.17) is 10.5 Å². The summed E-state index contributed by atoms with van der Waals surface area (Å²) in [6.45, 7) is 7.35. The molecule has 0 unspecified atom stereocenters. The van der Waals surface area contributed by atoms with E-state index in [1.54, 1.807) is 0 Å². The first kappa shape index (κ1) is 17.2. The molecule has 0 bridgehead atoms. The van der Waals surface area contributed by atoms with Gasteiger partial charge in [-0.2, -0.15) is 0 Å². The van der Waals surface area contributed by atoms with Gasteiger partial charge in [-0.1, -0.05) is 0 Å². The minimum Gasteiger partial charge on any atom is -0.382 e. The first-order chi connectivity index (χ1) is 12.1. The SMILES string of the molecule is CCOC1CCN(c2ccc(NC3CC4(CC(N)C4)C3)c(C)c2)CC1. The van der Waals surface area contributed by atoms with Crippen molar-refractivity contribution in [2.24, 2.45) is 11.1 Å². The van der Waals surface area contributed by atoms with Gasteiger partial charge in [0.15, 0.2) is 0 Å². The molecule has 0 amide bonds. The van der Waals surface area contributed by atoms with Crippen LogP contribution in [0.25, 0.3) is 0 Å². The minimum absolute atomic E-state index is 0.453. The lowest BCUT2D eigenvalue weighted by atomic mass is 9.52. The lowest BCUT2D eigenvalue weighted by Crippen LogP contribution is -2.57. The van der Waals surface area contributed by atoms with Crippen molar-refractivity contribution in [2.75, 3.05) is 29.9 Å². The van der Waals surface area contributed by atoms with Crippen molar-refractivity contribution in [3.8, 4) is 0 Å². The molecule has 3 fully saturated rings. The van der Waals surface area contributed by atoms with E-state index >= 15 is 0 Å². The maximum absolute atomic E-state index is 5.97. The third kappa shape index (κ3) is 3.52. The lowest BCUT2D eigenvalue weighted by molar-refractivity contribution is 0.00119. The Morgan fingerprint density at radius 1 is 1.20 bits per heavy atom. The van der Waals surface area contributed by atoms with E-state index in [0.29, 0.717) is 23.6 Å². The van der Waals surface area contributed by atoms with Crippen molar-refractivity contribution in [1.82, 2.24) is 0 Å². The molecule has 0 radical (unpaired) electrons. The monoisotopic (exact) mass is 343 g/mol. The normalized spacial score (nSPS) is 32.4. The summed E-state index contributed by atoms with van der Waals surface area (Å²) >= 11 is 0. The number of nitrogens with zero attached hydrogens (tertiary/aromatic N) is 1. The molecule has 4 rings (SSSR count). The number of hydrogen-bond donors (Lipinski definition) is 2. The van der Waals surface area contributed by atoms with Gasteiger partial charge in [-0.05, 0) is 81.5 Å². The molecule has 1 aromatic rings. The molecule has 0 atom stereocenters. The first-order valence-corrected chi connectivity index (χ1v) is 10.1. The zero-order chi connectivity index (χ0) is 17.4. The van der Waals surface area contributed by atoms with Gasteiger partial charge in [0.25, 0.3) is 0 Å². The number of piperidine rings is 1. The standard InChI is InChI=1S/C21H33N3O/c1-3-25-19-6-8-24(9-7-19)18-4-5-20(15(2)10-18)23-17-13-21(14-17)11-16(22)12-21/h4-5,10,16-17,19,23H,3,6-9,11-14,22H2,1-2H3. The maximum atomic E-state index is 5.97. The number of aryl methyl sites for hydroxylation is 1. The molecule has 1 aliphatic heterocycles. The second-order valence-electron chi connectivity index (χ2n) is 8.56. The predicted molar refractivity (Wildman–Crippen MR) is 104 cm³/mol. The zero-order valence-electron chi connectivity index (χ0n) is 15.8. The Morgan fingerprint density at radius 3 is 2.52 bits per heavy atom. The second-order valence-corrected chi connectivity index (χ2v) is 8.56. The van der Waals surface area contributed by atoms with Crippen LogP contribution in [0.5, 0.6) is 0 Å². The molecule has 2 aliphatic carbocycles. The van der Waals surface area contributed by atoms with Gasteiger partial charge >= 0.3 is 0 Å². The third-order valence-corrected chi connectivity index (χ3v) is 6.53. The topological polar surface area (TPSA) is 50.5 Å². The van der Waals surface area contributed by atoms with Crippen molar-refractivity contribution in [3.63, 3.8) is 0 Å². The largest absolute Gasteiger partial charge is 0.382 e. The molecule has 0 aromatic heterocycles. The van der Waals surface area contributed by atoms with Crippen molar-refractivity contribution in [2.45, 2.75) is 70.6 Å². The van der Waals surface area contributed by atoms with E-state index in [2.05, 4.69) is 42.3 Å². The van der Waals surface area contributed by atoms with Crippen LogP contribution >= 0.6 is 0 Å². The van der Waals surface area contributed by atoms with Crippen LogP contribution < -0.4 is 16.0 Å². The van der Waals surface area contributed by atoms with E-state index in [9.17, 15) is 0 Å². The summed E-state index contributed by atoms with van der Waals surface area (Å²) in [7, 11) is 0. The van der Waals surface area contributed by atoms with Crippen LogP contribution in [0.3, 0.4) is 0 Å². The quantitative estimate of drug-likeness (QED) is 0.856. The summed E-state index contributed by atoms with van der Waals surface area (Å²) in [6, 6.07) is 8.01. The molecule has 3 aliphatic rings. The Kier molecular flexibility index (Phi) is 4.67. The van der Waals surface area contributed by atoms with Crippen LogP contribution in [-0.2, 0) is 4.74 Å². The van der Waals surface area contributed by atoms with Gasteiger partial charge in [0.2, 0.25) is 0 Å². The molecule has 1 aromatic carbocycles. The smallest absolute Gasteiger partial charge is 0.0608 e. The first-order valence-electron chi connectivity index (χ1n) is 10.1. The van der Waals surface area contributed by atoms with Gasteiger partial charge in [-0.3, -0.25) is 0 Å². The van der Waals surface area contributed by atoms with E-state index in [1.807, 2.05) is 0 Å². The molecule has 4 nitrogen and oxygen atoms in total. The van der Waals surface area contributed by atoms with Gasteiger partial charge in [-0.25, -0.2) is 0 Å². The summed E-state index contributed by atoms with van der Waals surface area (Å²) < 4.78 is 5.77. The summed E-state index contributed by atoms with van der Waals surface area (Å²) in [5.41, 5.74) is 10.6. The van der Waals surface area contributed by atoms with Crippen LogP contribution in [0.2, 0.25) is 0 Å². The Morgan fingerprint density at radius 2 is 1.92 bits per heavy atom. The highest BCUT2D eigenvalue weighted by Crippen LogP contribution is 2.56. The number of rotatable bonds is 5. The number of nitrogens with two attached hydrogens (primary N) is 1. The molecule has 25 heavy (non-hydrogen) atoms. The molecular weight excluding hydrogens is 310 g/mol. The molecule has 1 saturated heterocycles. The summed E-state index contributed by atoms with van der Waals surface area (Å²) in [5, 5.41) is 3.76. The average molecular weight is 344 g/mol. The Bertz CT molecular complexity index is 595. The fourth-order valence-corrected chi connectivity index (χ4v) is 5.22. The van der Waals surface area contributed by atoms with Crippen LogP contribution in [0, 0.1) is 12.3 Å². The summed E-state index contributed by atoms with van der Waals surface area (Å²) in [4.78, 5) is 2.50. The minimum atomic E-state index is 0.453. The molecule has 4 heteroatoms. The van der Waals surface area contributed by atoms with E-state index in [1.165, 1.54) is 42.6 Å². The van der Waals surface area contributed by atoms with Crippen LogP contribution in [-0.4, -0.2) is 37.9 Å². The van der Waals surface area contributed by atoms with E-state index in [-0.39, 0.29) is 0 Å². The number of benzene rings is 1. The number of hydrogen-bond acceptors (Lipinski definition) is 4. The number of anilines is 2. The molecular formula is C21H33N3O. The fourth-order valence-electron chi connectivity index (χ4n) is 5.22. The van der Waals surface area contributed by atoms with Gasteiger partial charge in [0, 0.05) is 43.2 Å². The lowest BCUT2D eigenvalue weighted by Gasteiger charge is -2.57. The van der Waals surface area contributed by atoms with Gasteiger partial charge in [-0.15, -0.1) is 0 Å². The molecule has 2 saturated carbocycles. The highest BCUT2D eigenvalue weighted by Gasteiger charge is 2.51. The Balaban J connectivity index is 1.31. The number of nitrogens with one attached hydrogen (secondary N) is 1. The molecule has 1 heterocycles. The molecule has 138 valence electrons. The van der Waals surface area contributed by atoms with Crippen molar-refractivity contribution < 1.29 is 4.74 Å². The molecule has 3 N–H and O–H groups in total. The average Bonchev–Trinajstić information content (AvgIpc) is 2.54. The Labute approximate surface area is 152 Å². The predicted octanol–water partition coefficient (Wildman–Crippen LogP) is 3.68. The van der Waals surface area contributed by atoms with E-state index < -0.39 is 0 Å². The zero-order valence-corrected chi connectivity index (χ0v) is 15.8. The Hall–Kier alpha value is -1.26. The van der Waals surface area contributed by atoms with Crippen LogP contribution in [0.1, 0.15) is 51.0 Å². The summed E-state index contributed by atoms with van der Waals surface area (Å²) in [6.07, 6.45) is 7.80. The van der Waals surface area contributed by atoms with Crippen molar-refractivity contribution >= 4 is 11.4 Å². The van der Waals surface area contributed by atoms with Gasteiger partial charge in [0.1, 0.15) is 0 Å². The number of ether oxygens (including phenoxy) is 1. The van der Waals surface area contributed by atoms with Gasteiger partial charge in [0.05, 0.1) is 6.10 Å². The highest BCUT2D eigenvalue weighted by atomic mass is 16.5. The maximum Gasteiger partial charge on any atom is 0.0608 e. The van der Waals surface area contributed by atoms with E-state index in [0.717, 1.165) is 32.5 Å². The third-order valence-electron chi connectivity index (χ3n) is 6.53.